The minimum atomic E-state index is -1.38. The molecule has 0 spiro atoms. The third-order valence-electron chi connectivity index (χ3n) is 2.11. The minimum Gasteiger partial charge on any atom is -0.276 e. The van der Waals surface area contributed by atoms with Crippen molar-refractivity contribution in [3.8, 4) is 0 Å². The molecule has 1 rings (SSSR count). The number of carbonyl (C=O) groups is 2. The molecular formula is C12H14FNO3. The Balaban J connectivity index is 2.27. The molecule has 0 atom stereocenters. The average Bonchev–Trinajstić information content (AvgIpc) is 2.34. The van der Waals surface area contributed by atoms with Crippen molar-refractivity contribution in [3.63, 3.8) is 0 Å². The molecule has 0 N–H and O–H groups in total. The highest BCUT2D eigenvalue weighted by Gasteiger charge is 2.04. The highest BCUT2D eigenvalue weighted by Crippen LogP contribution is 2.03. The number of hydroxylamine groups is 2. The van der Waals surface area contributed by atoms with Crippen LogP contribution < -0.4 is 0 Å². The standard InChI is InChI=1S/C12H14FNO3/c13-12(16)7-4-8-14(10-15)17-9-11-5-2-1-3-6-11/h1-3,5-6,10H,4,7-9H2. The summed E-state index contributed by atoms with van der Waals surface area (Å²) in [5, 5.41) is 1.07. The molecule has 0 unspecified atom stereocenters. The number of carbonyl (C=O) groups excluding carboxylic acids is 2. The summed E-state index contributed by atoms with van der Waals surface area (Å²) < 4.78 is 11.9. The van der Waals surface area contributed by atoms with Gasteiger partial charge in [0.25, 0.3) is 0 Å². The Bertz CT molecular complexity index is 356. The van der Waals surface area contributed by atoms with E-state index in [1.165, 1.54) is 0 Å². The van der Waals surface area contributed by atoms with Crippen LogP contribution in [0.15, 0.2) is 30.3 Å². The average molecular weight is 239 g/mol. The maximum absolute atomic E-state index is 11.9. The Hall–Kier alpha value is -1.75. The molecule has 0 bridgehead atoms. The second-order valence-corrected chi connectivity index (χ2v) is 3.46. The fourth-order valence-corrected chi connectivity index (χ4v) is 1.25. The number of amides is 1. The van der Waals surface area contributed by atoms with Gasteiger partial charge in [-0.1, -0.05) is 30.3 Å². The summed E-state index contributed by atoms with van der Waals surface area (Å²) in [5.41, 5.74) is 0.931. The highest BCUT2D eigenvalue weighted by molar-refractivity contribution is 5.67. The number of hydrogen-bond donors (Lipinski definition) is 0. The molecule has 4 nitrogen and oxygen atoms in total. The van der Waals surface area contributed by atoms with E-state index in [1.807, 2.05) is 30.3 Å². The zero-order valence-corrected chi connectivity index (χ0v) is 9.34. The summed E-state index contributed by atoms with van der Waals surface area (Å²) in [5.74, 6) is 0. The van der Waals surface area contributed by atoms with Gasteiger partial charge in [-0.05, 0) is 12.0 Å². The van der Waals surface area contributed by atoms with Gasteiger partial charge in [0, 0.05) is 13.0 Å². The smallest absolute Gasteiger partial charge is 0.276 e. The molecule has 1 amide bonds. The van der Waals surface area contributed by atoms with Gasteiger partial charge in [0.1, 0.15) is 6.61 Å². The van der Waals surface area contributed by atoms with Crippen LogP contribution in [0.2, 0.25) is 0 Å². The first-order valence-corrected chi connectivity index (χ1v) is 5.29. The molecule has 0 aliphatic heterocycles. The SMILES string of the molecule is O=CN(CCCC(=O)F)OCc1ccccc1. The van der Waals surface area contributed by atoms with Crippen LogP contribution >= 0.6 is 0 Å². The zero-order valence-electron chi connectivity index (χ0n) is 9.34. The maximum Gasteiger partial charge on any atom is 0.301 e. The molecule has 0 aliphatic rings. The van der Waals surface area contributed by atoms with Crippen LogP contribution in [-0.4, -0.2) is 24.1 Å². The van der Waals surface area contributed by atoms with Gasteiger partial charge in [-0.3, -0.25) is 14.4 Å². The van der Waals surface area contributed by atoms with Crippen molar-refractivity contribution in [2.75, 3.05) is 6.54 Å². The quantitative estimate of drug-likeness (QED) is 0.395. The molecule has 0 saturated heterocycles. The lowest BCUT2D eigenvalue weighted by molar-refractivity contribution is -0.177. The van der Waals surface area contributed by atoms with E-state index in [1.54, 1.807) is 0 Å². The van der Waals surface area contributed by atoms with Gasteiger partial charge in [-0.15, -0.1) is 0 Å². The molecule has 0 fully saturated rings. The Morgan fingerprint density at radius 2 is 2.06 bits per heavy atom. The van der Waals surface area contributed by atoms with Gasteiger partial charge in [-0.2, -0.15) is 4.39 Å². The molecule has 5 heteroatoms. The third-order valence-corrected chi connectivity index (χ3v) is 2.11. The van der Waals surface area contributed by atoms with Gasteiger partial charge in [0.15, 0.2) is 0 Å². The summed E-state index contributed by atoms with van der Waals surface area (Å²) in [4.78, 5) is 25.9. The number of nitrogens with zero attached hydrogens (tertiary/aromatic N) is 1. The molecule has 0 heterocycles. The van der Waals surface area contributed by atoms with Crippen molar-refractivity contribution in [1.82, 2.24) is 5.06 Å². The number of rotatable bonds is 8. The van der Waals surface area contributed by atoms with Gasteiger partial charge in [0.2, 0.25) is 6.41 Å². The maximum atomic E-state index is 11.9. The Morgan fingerprint density at radius 3 is 2.65 bits per heavy atom. The number of benzene rings is 1. The molecule has 1 aromatic rings. The fraction of sp³-hybridized carbons (Fsp3) is 0.333. The van der Waals surface area contributed by atoms with Crippen LogP contribution in [0.1, 0.15) is 18.4 Å². The van der Waals surface area contributed by atoms with Gasteiger partial charge >= 0.3 is 6.04 Å². The first-order chi connectivity index (χ1) is 8.22. The summed E-state index contributed by atoms with van der Waals surface area (Å²) in [6, 6.07) is 7.98. The second kappa shape index (κ2) is 7.51. The van der Waals surface area contributed by atoms with Crippen molar-refractivity contribution in [2.45, 2.75) is 19.4 Å². The predicted octanol–water partition coefficient (Wildman–Crippen LogP) is 1.85. The molecule has 1 aromatic carbocycles. The number of hydrogen-bond acceptors (Lipinski definition) is 3. The second-order valence-electron chi connectivity index (χ2n) is 3.46. The first-order valence-electron chi connectivity index (χ1n) is 5.29. The normalized spacial score (nSPS) is 9.94. The predicted molar refractivity (Wildman–Crippen MR) is 59.4 cm³/mol. The van der Waals surface area contributed by atoms with Crippen LogP contribution in [0.5, 0.6) is 0 Å². The summed E-state index contributed by atoms with van der Waals surface area (Å²) >= 11 is 0. The number of halogens is 1. The topological polar surface area (TPSA) is 46.6 Å². The molecular weight excluding hydrogens is 225 g/mol. The van der Waals surface area contributed by atoms with E-state index in [-0.39, 0.29) is 26.0 Å². The molecule has 0 saturated carbocycles. The summed E-state index contributed by atoms with van der Waals surface area (Å²) in [6.45, 7) is 0.467. The molecule has 92 valence electrons. The van der Waals surface area contributed by atoms with Crippen molar-refractivity contribution >= 4 is 12.4 Å². The lowest BCUT2D eigenvalue weighted by Crippen LogP contribution is -2.23. The molecule has 0 radical (unpaired) electrons. The van der Waals surface area contributed by atoms with Crippen LogP contribution in [0, 0.1) is 0 Å². The van der Waals surface area contributed by atoms with E-state index in [4.69, 9.17) is 4.84 Å². The molecule has 17 heavy (non-hydrogen) atoms. The van der Waals surface area contributed by atoms with Gasteiger partial charge in [0.05, 0.1) is 0 Å². The van der Waals surface area contributed by atoms with Crippen LogP contribution in [0.25, 0.3) is 0 Å². The lowest BCUT2D eigenvalue weighted by atomic mass is 10.2. The fourth-order valence-electron chi connectivity index (χ4n) is 1.25. The first kappa shape index (κ1) is 13.3. The third kappa shape index (κ3) is 5.77. The molecule has 0 aromatic heterocycles. The lowest BCUT2D eigenvalue weighted by Gasteiger charge is -2.16. The Morgan fingerprint density at radius 1 is 1.35 bits per heavy atom. The van der Waals surface area contributed by atoms with E-state index >= 15 is 0 Å². The van der Waals surface area contributed by atoms with Crippen molar-refractivity contribution in [2.24, 2.45) is 0 Å². The van der Waals surface area contributed by atoms with Gasteiger partial charge in [-0.25, -0.2) is 5.06 Å². The highest BCUT2D eigenvalue weighted by atomic mass is 19.1. The van der Waals surface area contributed by atoms with E-state index in [2.05, 4.69) is 0 Å². The summed E-state index contributed by atoms with van der Waals surface area (Å²) in [7, 11) is 0. The summed E-state index contributed by atoms with van der Waals surface area (Å²) in [6.07, 6.45) is 0.577. The van der Waals surface area contributed by atoms with Crippen molar-refractivity contribution in [1.29, 1.82) is 0 Å². The van der Waals surface area contributed by atoms with Crippen LogP contribution in [0.4, 0.5) is 4.39 Å². The molecule has 0 aliphatic carbocycles. The van der Waals surface area contributed by atoms with Crippen molar-refractivity contribution in [3.05, 3.63) is 35.9 Å². The van der Waals surface area contributed by atoms with Crippen molar-refractivity contribution < 1.29 is 18.8 Å². The van der Waals surface area contributed by atoms with Gasteiger partial charge < -0.3 is 0 Å². The minimum absolute atomic E-state index is 0.195. The largest absolute Gasteiger partial charge is 0.301 e. The van der Waals surface area contributed by atoms with Crippen LogP contribution in [-0.2, 0) is 21.0 Å². The van der Waals surface area contributed by atoms with E-state index in [9.17, 15) is 14.0 Å². The van der Waals surface area contributed by atoms with E-state index < -0.39 is 6.04 Å². The monoisotopic (exact) mass is 239 g/mol. The Kier molecular flexibility index (Phi) is 5.88. The Labute approximate surface area is 98.9 Å². The van der Waals surface area contributed by atoms with E-state index in [0.29, 0.717) is 6.41 Å². The van der Waals surface area contributed by atoms with E-state index in [0.717, 1.165) is 10.6 Å². The van der Waals surface area contributed by atoms with Crippen LogP contribution in [0.3, 0.4) is 0 Å². The zero-order chi connectivity index (χ0) is 12.5.